The van der Waals surface area contributed by atoms with Crippen molar-refractivity contribution in [2.75, 3.05) is 19.6 Å². The van der Waals surface area contributed by atoms with Gasteiger partial charge in [-0.25, -0.2) is 0 Å². The first kappa shape index (κ1) is 42.1. The van der Waals surface area contributed by atoms with E-state index in [0.717, 1.165) is 62.9 Å². The van der Waals surface area contributed by atoms with E-state index >= 15 is 0 Å². The normalized spacial score (nSPS) is 10.5. The minimum Gasteiger partial charge on any atom is -0.550 e. The summed E-state index contributed by atoms with van der Waals surface area (Å²) in [6, 6.07) is 61.8. The number of carbonyl (C=O) groups excluding carboxylic acids is 1. The summed E-state index contributed by atoms with van der Waals surface area (Å²) in [5, 5.41) is 8.89. The molecule has 8 heteroatoms. The zero-order chi connectivity index (χ0) is 37.7. The second-order valence-electron chi connectivity index (χ2n) is 13.1. The van der Waals surface area contributed by atoms with Crippen LogP contribution in [0, 0.1) is 0 Å². The molecule has 279 valence electrons. The van der Waals surface area contributed by atoms with Crippen LogP contribution in [0.15, 0.2) is 195 Å². The molecule has 7 rings (SSSR count). The fourth-order valence-electron chi connectivity index (χ4n) is 6.91. The molecule has 0 spiro atoms. The van der Waals surface area contributed by atoms with Gasteiger partial charge in [0.2, 0.25) is 0 Å². The third kappa shape index (κ3) is 13.0. The maximum Gasteiger partial charge on any atom is 3.00 e. The van der Waals surface area contributed by atoms with Gasteiger partial charge in [-0.15, -0.1) is 0 Å². The van der Waals surface area contributed by atoms with E-state index in [9.17, 15) is 0 Å². The predicted octanol–water partition coefficient (Wildman–Crippen LogP) is 5.02. The van der Waals surface area contributed by atoms with Crippen LogP contribution in [-0.4, -0.2) is 51.6 Å². The standard InChI is InChI=1S/C24H20B.C21H24N4.C2H4O2.Ni/c1-5-13-21(14-6-1)25(22-15-7-2-8-16-22,23-17-9-3-10-18-23)24-19-11-4-12-20-24;1-4-13-22-19(7-1)10-16-25(17-11-20-8-2-5-14-23-20)18-12-21-9-3-6-15-24-21;1-2(3)4;/h1-20H;1-9,13-15H,10-12,16-18H2;1H3,(H,3,4);/q-1;;;+3/p-1. The fourth-order valence-corrected chi connectivity index (χ4v) is 6.91. The van der Waals surface area contributed by atoms with Crippen LogP contribution < -0.4 is 27.0 Å². The van der Waals surface area contributed by atoms with Crippen LogP contribution in [0.3, 0.4) is 0 Å². The molecule has 3 aromatic heterocycles. The largest absolute Gasteiger partial charge is 3.00 e. The molecule has 3 heterocycles. The monoisotopic (exact) mass is 768 g/mol. The third-order valence-corrected chi connectivity index (χ3v) is 9.43. The molecular weight excluding hydrogens is 722 g/mol. The first-order valence-corrected chi connectivity index (χ1v) is 18.5. The summed E-state index contributed by atoms with van der Waals surface area (Å²) in [6.07, 6.45) is 7.26. The molecule has 55 heavy (non-hydrogen) atoms. The molecule has 0 aliphatic carbocycles. The molecule has 7 aromatic rings. The molecule has 0 atom stereocenters. The second-order valence-corrected chi connectivity index (χ2v) is 13.1. The van der Waals surface area contributed by atoms with Gasteiger partial charge in [0.25, 0.3) is 0 Å². The number of hydrogen-bond acceptors (Lipinski definition) is 6. The molecule has 0 aliphatic rings. The van der Waals surface area contributed by atoms with Crippen molar-refractivity contribution in [1.82, 2.24) is 19.9 Å². The number of aliphatic carboxylic acids is 1. The van der Waals surface area contributed by atoms with E-state index in [1.165, 1.54) is 21.9 Å². The van der Waals surface area contributed by atoms with E-state index in [-0.39, 0.29) is 16.5 Å². The van der Waals surface area contributed by atoms with Crippen molar-refractivity contribution in [1.29, 1.82) is 0 Å². The molecule has 0 N–H and O–H groups in total. The first-order valence-electron chi connectivity index (χ1n) is 18.5. The molecule has 0 saturated carbocycles. The van der Waals surface area contributed by atoms with E-state index in [1.807, 2.05) is 36.8 Å². The number of carboxylic acids is 1. The molecule has 0 amide bonds. The van der Waals surface area contributed by atoms with Crippen LogP contribution >= 0.6 is 0 Å². The van der Waals surface area contributed by atoms with Gasteiger partial charge in [0.05, 0.1) is 0 Å². The average molecular weight is 769 g/mol. The zero-order valence-electron chi connectivity index (χ0n) is 31.2. The fraction of sp³-hybridized carbons (Fsp3) is 0.149. The summed E-state index contributed by atoms with van der Waals surface area (Å²) in [5.74, 6) is -1.08. The van der Waals surface area contributed by atoms with Crippen LogP contribution in [0.1, 0.15) is 24.0 Å². The van der Waals surface area contributed by atoms with E-state index in [0.29, 0.717) is 0 Å². The second kappa shape index (κ2) is 23.2. The molecule has 0 unspecified atom stereocenters. The van der Waals surface area contributed by atoms with Crippen molar-refractivity contribution in [2.45, 2.75) is 26.2 Å². The first-order chi connectivity index (χ1) is 26.6. The van der Waals surface area contributed by atoms with Crippen molar-refractivity contribution in [3.8, 4) is 0 Å². The van der Waals surface area contributed by atoms with E-state index in [4.69, 9.17) is 9.90 Å². The number of rotatable bonds is 13. The van der Waals surface area contributed by atoms with Gasteiger partial charge in [-0.2, -0.15) is 21.9 Å². The molecule has 0 bridgehead atoms. The number of carboxylic acid groups (broad SMARTS) is 1. The maximum atomic E-state index is 8.89. The molecule has 1 radical (unpaired) electrons. The number of carbonyl (C=O) groups is 1. The summed E-state index contributed by atoms with van der Waals surface area (Å²) in [6.45, 7) is 3.96. The summed E-state index contributed by atoms with van der Waals surface area (Å²) in [7, 11) is 0. The summed E-state index contributed by atoms with van der Waals surface area (Å²) >= 11 is 0. The van der Waals surface area contributed by atoms with Gasteiger partial charge >= 0.3 is 16.5 Å². The Morgan fingerprint density at radius 3 is 0.909 bits per heavy atom. The smallest absolute Gasteiger partial charge is 0.550 e. The Morgan fingerprint density at radius 1 is 0.455 bits per heavy atom. The topological polar surface area (TPSA) is 82.0 Å². The minimum atomic E-state index is -1.22. The Hall–Kier alpha value is -5.68. The Morgan fingerprint density at radius 2 is 0.691 bits per heavy atom. The summed E-state index contributed by atoms with van der Waals surface area (Å²) < 4.78 is 0. The molecule has 0 saturated heterocycles. The van der Waals surface area contributed by atoms with E-state index in [1.54, 1.807) is 0 Å². The Labute approximate surface area is 336 Å². The van der Waals surface area contributed by atoms with Crippen molar-refractivity contribution >= 4 is 34.0 Å². The van der Waals surface area contributed by atoms with Gasteiger partial charge < -0.3 is 14.8 Å². The molecule has 4 aromatic carbocycles. The third-order valence-electron chi connectivity index (χ3n) is 9.43. The number of aromatic nitrogens is 3. The Balaban J connectivity index is 0.000000219. The Bertz CT molecular complexity index is 1780. The van der Waals surface area contributed by atoms with Gasteiger partial charge in [-0.05, 0) is 43.3 Å². The maximum absolute atomic E-state index is 8.89. The van der Waals surface area contributed by atoms with Crippen molar-refractivity contribution in [2.24, 2.45) is 0 Å². The number of benzene rings is 4. The zero-order valence-corrected chi connectivity index (χ0v) is 32.2. The number of pyridine rings is 3. The van der Waals surface area contributed by atoms with Crippen LogP contribution in [-0.2, 0) is 40.5 Å². The minimum absolute atomic E-state index is 0. The van der Waals surface area contributed by atoms with Crippen molar-refractivity contribution < 1.29 is 26.4 Å². The Kier molecular flexibility index (Phi) is 17.7. The number of nitrogens with zero attached hydrogens (tertiary/aromatic N) is 4. The quantitative estimate of drug-likeness (QED) is 0.154. The molecule has 0 aliphatic heterocycles. The summed E-state index contributed by atoms with van der Waals surface area (Å²) in [4.78, 5) is 24.7. The van der Waals surface area contributed by atoms with Gasteiger partial charge in [-0.1, -0.05) is 140 Å². The average Bonchev–Trinajstić information content (AvgIpc) is 3.24. The molecule has 6 nitrogen and oxygen atoms in total. The van der Waals surface area contributed by atoms with Crippen LogP contribution in [0.5, 0.6) is 0 Å². The van der Waals surface area contributed by atoms with Crippen molar-refractivity contribution in [3.63, 3.8) is 0 Å². The van der Waals surface area contributed by atoms with Gasteiger partial charge in [0.1, 0.15) is 6.15 Å². The van der Waals surface area contributed by atoms with Crippen LogP contribution in [0.2, 0.25) is 0 Å². The van der Waals surface area contributed by atoms with Crippen LogP contribution in [0.4, 0.5) is 0 Å². The molecule has 0 fully saturated rings. The van der Waals surface area contributed by atoms with Crippen LogP contribution in [0.25, 0.3) is 0 Å². The van der Waals surface area contributed by atoms with E-state index < -0.39 is 12.1 Å². The number of hydrogen-bond donors (Lipinski definition) is 0. The SMILES string of the molecule is CC(=O)[O-].[Ni+3].c1ccc(CCN(CCc2ccccn2)CCc2ccccn2)nc1.c1ccc([B-](c2ccccc2)(c2ccccc2)c2ccccc2)cc1. The van der Waals surface area contributed by atoms with E-state index in [2.05, 4.69) is 178 Å². The van der Waals surface area contributed by atoms with Gasteiger partial charge in [0.15, 0.2) is 0 Å². The van der Waals surface area contributed by atoms with Gasteiger partial charge in [0, 0.05) is 80.5 Å². The molecular formula is C47H47BN4NiO2+. The van der Waals surface area contributed by atoms with Crippen molar-refractivity contribution in [3.05, 3.63) is 212 Å². The van der Waals surface area contributed by atoms with Gasteiger partial charge in [-0.3, -0.25) is 15.0 Å². The predicted molar refractivity (Wildman–Crippen MR) is 221 cm³/mol. The summed E-state index contributed by atoms with van der Waals surface area (Å²) in [5.41, 5.74) is 8.78.